The molecule has 1 N–H and O–H groups in total. The Hall–Kier alpha value is -3.92. The van der Waals surface area contributed by atoms with E-state index < -0.39 is 83.3 Å². The molecule has 0 spiro atoms. The van der Waals surface area contributed by atoms with E-state index in [-0.39, 0.29) is 52.6 Å². The first kappa shape index (κ1) is 39.9. The van der Waals surface area contributed by atoms with Crippen LogP contribution in [0.25, 0.3) is 0 Å². The molecule has 2 aromatic heterocycles. The van der Waals surface area contributed by atoms with Gasteiger partial charge in [0, 0.05) is 26.2 Å². The Morgan fingerprint density at radius 2 is 0.667 bits per heavy atom. The van der Waals surface area contributed by atoms with E-state index in [0.717, 1.165) is 0 Å². The molecule has 11 nitrogen and oxygen atoms in total. The molecule has 0 radical (unpaired) electrons. The summed E-state index contributed by atoms with van der Waals surface area (Å²) in [6.45, 7) is -0.195. The lowest BCUT2D eigenvalue weighted by Crippen LogP contribution is -2.66. The zero-order valence-electron chi connectivity index (χ0n) is 24.4. The second kappa shape index (κ2) is 12.9. The molecule has 0 aliphatic carbocycles. The van der Waals surface area contributed by atoms with E-state index >= 15 is 0 Å². The molecule has 2 aliphatic heterocycles. The minimum Gasteiger partial charge on any atom is -0.378 e. The maximum Gasteiger partial charge on any atom is 0.419 e. The molecule has 0 amide bonds. The van der Waals surface area contributed by atoms with Gasteiger partial charge in [-0.15, -0.1) is 0 Å². The Labute approximate surface area is 270 Å². The van der Waals surface area contributed by atoms with Crippen LogP contribution in [0, 0.1) is 0 Å². The van der Waals surface area contributed by atoms with Crippen LogP contribution in [-0.4, -0.2) is 120 Å². The van der Waals surface area contributed by atoms with Crippen molar-refractivity contribution in [2.24, 2.45) is 0 Å². The summed E-state index contributed by atoms with van der Waals surface area (Å²) in [7, 11) is 0. The van der Waals surface area contributed by atoms with Crippen molar-refractivity contribution in [1.29, 1.82) is 0 Å². The van der Waals surface area contributed by atoms with Crippen LogP contribution in [0.2, 0.25) is 0 Å². The van der Waals surface area contributed by atoms with Gasteiger partial charge < -0.3 is 19.3 Å². The van der Waals surface area contributed by atoms with Gasteiger partial charge in [0.15, 0.2) is 11.6 Å². The average Bonchev–Trinajstić information content (AvgIpc) is 2.94. The van der Waals surface area contributed by atoms with Gasteiger partial charge in [0.05, 0.1) is 26.4 Å². The summed E-state index contributed by atoms with van der Waals surface area (Å²) in [4.78, 5) is 19.7. The number of aromatic nitrogens is 6. The van der Waals surface area contributed by atoms with Crippen molar-refractivity contribution in [3.05, 3.63) is 11.6 Å². The zero-order valence-corrected chi connectivity index (χ0v) is 24.4. The second-order valence-corrected chi connectivity index (χ2v) is 10.4. The van der Waals surface area contributed by atoms with Crippen molar-refractivity contribution >= 4 is 23.8 Å². The summed E-state index contributed by atoms with van der Waals surface area (Å²) in [6.07, 6.45) is -46.9. The highest BCUT2D eigenvalue weighted by Gasteiger charge is 2.89. The molecular weight excluding hydrogens is 764 g/mol. The molecule has 2 saturated heterocycles. The third-order valence-electron chi connectivity index (χ3n) is 7.28. The number of rotatable bonds is 6. The van der Waals surface area contributed by atoms with Gasteiger partial charge in [0.2, 0.25) is 23.8 Å². The van der Waals surface area contributed by atoms with Crippen molar-refractivity contribution in [3.63, 3.8) is 0 Å². The second-order valence-electron chi connectivity index (χ2n) is 10.4. The van der Waals surface area contributed by atoms with E-state index in [0.29, 0.717) is 0 Å². The lowest BCUT2D eigenvalue weighted by molar-refractivity contribution is -0.391. The molecule has 0 unspecified atom stereocenters. The van der Waals surface area contributed by atoms with Crippen LogP contribution in [0.15, 0.2) is 0 Å². The van der Waals surface area contributed by atoms with Crippen LogP contribution >= 0.6 is 0 Å². The molecule has 51 heavy (non-hydrogen) atoms. The Kier molecular flexibility index (Phi) is 10.1. The number of ether oxygens (including phenoxy) is 2. The van der Waals surface area contributed by atoms with Gasteiger partial charge in [0.1, 0.15) is 0 Å². The smallest absolute Gasteiger partial charge is 0.378 e. The first-order valence-electron chi connectivity index (χ1n) is 13.5. The van der Waals surface area contributed by atoms with Crippen molar-refractivity contribution in [1.82, 2.24) is 29.9 Å². The summed E-state index contributed by atoms with van der Waals surface area (Å²) in [6, 6.07) is 0. The van der Waals surface area contributed by atoms with Gasteiger partial charge in [-0.1, -0.05) is 0 Å². The number of hydrogen-bond donors (Lipinski definition) is 1. The van der Waals surface area contributed by atoms with E-state index in [1.54, 1.807) is 0 Å². The first-order valence-corrected chi connectivity index (χ1v) is 13.5. The van der Waals surface area contributed by atoms with Crippen LogP contribution in [-0.2, 0) is 20.3 Å². The first-order chi connectivity index (χ1) is 23.1. The molecule has 2 fully saturated rings. The molecule has 0 bridgehead atoms. The Morgan fingerprint density at radius 3 is 0.941 bits per heavy atom. The van der Waals surface area contributed by atoms with Gasteiger partial charge >= 0.3 is 47.9 Å². The standard InChI is InChI=1S/C22H17F18N9O2/c23-17(24,25)15(18(26,27)28,19(29,30)31)9-41-10(16(20(32,33)34,21(35,36)37)22(38,39)40)43-11(42-9)44-12-45-13(48-1-5-50-6-2-48)47-14(46-12)49-3-7-51-8-4-49/h1-8H2,(H,41,42,43,44,45,46,47). The Balaban J connectivity index is 2.11. The molecule has 2 aliphatic rings. The van der Waals surface area contributed by atoms with Crippen LogP contribution in [0.1, 0.15) is 11.6 Å². The van der Waals surface area contributed by atoms with Gasteiger partial charge in [-0.05, 0) is 0 Å². The molecule has 2 aromatic rings. The van der Waals surface area contributed by atoms with E-state index in [1.807, 2.05) is 0 Å². The number of halogens is 18. The highest BCUT2D eigenvalue weighted by molar-refractivity contribution is 5.51. The maximum absolute atomic E-state index is 14.0. The van der Waals surface area contributed by atoms with E-state index in [1.165, 1.54) is 20.1 Å². The minimum absolute atomic E-state index is 0.00959. The molecule has 4 rings (SSSR count). The number of hydrogen-bond acceptors (Lipinski definition) is 11. The Bertz CT molecular complexity index is 1370. The normalized spacial score (nSPS) is 17.9. The van der Waals surface area contributed by atoms with Crippen molar-refractivity contribution in [3.8, 4) is 0 Å². The van der Waals surface area contributed by atoms with E-state index in [2.05, 4.69) is 24.9 Å². The summed E-state index contributed by atoms with van der Waals surface area (Å²) in [5, 5.41) is 1.35. The van der Waals surface area contributed by atoms with Crippen LogP contribution in [0.4, 0.5) is 103 Å². The third-order valence-corrected chi connectivity index (χ3v) is 7.28. The van der Waals surface area contributed by atoms with Gasteiger partial charge in [0.25, 0.3) is 0 Å². The molecule has 0 aromatic carbocycles. The van der Waals surface area contributed by atoms with E-state index in [9.17, 15) is 79.0 Å². The average molecular weight is 781 g/mol. The molecular formula is C22H17F18N9O2. The maximum atomic E-state index is 14.0. The zero-order chi connectivity index (χ0) is 38.6. The summed E-state index contributed by atoms with van der Waals surface area (Å²) in [5.74, 6) is -12.9. The molecule has 29 heteroatoms. The fourth-order valence-corrected chi connectivity index (χ4v) is 4.81. The highest BCUT2D eigenvalue weighted by atomic mass is 19.4. The largest absolute Gasteiger partial charge is 0.419 e. The minimum atomic E-state index is -7.82. The monoisotopic (exact) mass is 781 g/mol. The topological polar surface area (TPSA) is 114 Å². The van der Waals surface area contributed by atoms with Crippen LogP contribution < -0.4 is 15.1 Å². The lowest BCUT2D eigenvalue weighted by atomic mass is 9.82. The quantitative estimate of drug-likeness (QED) is 0.385. The predicted molar refractivity (Wildman–Crippen MR) is 129 cm³/mol. The fourth-order valence-electron chi connectivity index (χ4n) is 4.81. The number of anilines is 4. The third kappa shape index (κ3) is 6.88. The molecule has 4 heterocycles. The molecule has 288 valence electrons. The van der Waals surface area contributed by atoms with Gasteiger partial charge in [-0.3, -0.25) is 5.32 Å². The Morgan fingerprint density at radius 1 is 0.392 bits per heavy atom. The van der Waals surface area contributed by atoms with E-state index in [4.69, 9.17) is 9.47 Å². The van der Waals surface area contributed by atoms with Gasteiger partial charge in [-0.2, -0.15) is 104 Å². The predicted octanol–water partition coefficient (Wildman–Crippen LogP) is 5.32. The van der Waals surface area contributed by atoms with Gasteiger partial charge in [-0.25, -0.2) is 4.98 Å². The van der Waals surface area contributed by atoms with Crippen LogP contribution in [0.3, 0.4) is 0 Å². The summed E-state index contributed by atoms with van der Waals surface area (Å²) >= 11 is 0. The molecule has 0 saturated carbocycles. The van der Waals surface area contributed by atoms with Crippen molar-refractivity contribution in [2.45, 2.75) is 47.9 Å². The van der Waals surface area contributed by atoms with Crippen molar-refractivity contribution < 1.29 is 88.5 Å². The van der Waals surface area contributed by atoms with Crippen LogP contribution in [0.5, 0.6) is 0 Å². The number of nitrogens with one attached hydrogen (secondary N) is 1. The number of nitrogens with zero attached hydrogens (tertiary/aromatic N) is 8. The highest BCUT2D eigenvalue weighted by Crippen LogP contribution is 2.62. The summed E-state index contributed by atoms with van der Waals surface area (Å²) in [5.41, 5.74) is -15.2. The lowest BCUT2D eigenvalue weighted by Gasteiger charge is -2.39. The summed E-state index contributed by atoms with van der Waals surface area (Å²) < 4.78 is 262. The molecule has 0 atom stereocenters. The SMILES string of the molecule is FC(F)(F)C(c1nc(Nc2nc(N3CCOCC3)nc(N3CCOCC3)n2)nc(C(C(F)(F)F)(C(F)(F)F)C(F)(F)F)n1)(C(F)(F)F)C(F)(F)F. The number of alkyl halides is 18. The van der Waals surface area contributed by atoms with Crippen molar-refractivity contribution in [2.75, 3.05) is 67.7 Å². The fraction of sp³-hybridized carbons (Fsp3) is 0.727. The number of morpholine rings is 2.